The largest absolute Gasteiger partial charge is 0.326 e. The third-order valence-electron chi connectivity index (χ3n) is 3.51. The maximum Gasteiger partial charge on any atom is 0.267 e. The van der Waals surface area contributed by atoms with Crippen molar-refractivity contribution in [3.8, 4) is 10.6 Å². The molecule has 0 unspecified atom stereocenters. The van der Waals surface area contributed by atoms with Crippen LogP contribution in [0.5, 0.6) is 0 Å². The van der Waals surface area contributed by atoms with Gasteiger partial charge in [0.25, 0.3) is 5.91 Å². The van der Waals surface area contributed by atoms with Gasteiger partial charge in [-0.3, -0.25) is 4.79 Å². The van der Waals surface area contributed by atoms with Crippen LogP contribution in [-0.2, 0) is 6.54 Å². The zero-order valence-electron chi connectivity index (χ0n) is 13.0. The second-order valence-electron chi connectivity index (χ2n) is 5.30. The summed E-state index contributed by atoms with van der Waals surface area (Å²) in [7, 11) is 0. The minimum atomic E-state index is -0.167. The van der Waals surface area contributed by atoms with E-state index in [1.165, 1.54) is 11.3 Å². The van der Waals surface area contributed by atoms with Crippen LogP contribution in [0, 0.1) is 6.92 Å². The number of nitrogens with one attached hydrogen (secondary N) is 1. The molecule has 0 saturated carbocycles. The zero-order chi connectivity index (χ0) is 17.1. The van der Waals surface area contributed by atoms with Crippen molar-refractivity contribution in [2.24, 2.45) is 5.73 Å². The monoisotopic (exact) mass is 357 g/mol. The summed E-state index contributed by atoms with van der Waals surface area (Å²) in [5.74, 6) is -0.167. The van der Waals surface area contributed by atoms with Crippen molar-refractivity contribution >= 4 is 34.5 Å². The molecule has 0 aliphatic heterocycles. The Balaban J connectivity index is 1.83. The predicted molar refractivity (Wildman–Crippen MR) is 99.6 cm³/mol. The molecule has 6 heteroatoms. The first-order valence-corrected chi connectivity index (χ1v) is 8.60. The number of amides is 1. The lowest BCUT2D eigenvalue weighted by Crippen LogP contribution is -2.12. The quantitative estimate of drug-likeness (QED) is 0.723. The molecule has 0 radical (unpaired) electrons. The van der Waals surface area contributed by atoms with Gasteiger partial charge in [0.1, 0.15) is 9.88 Å². The lowest BCUT2D eigenvalue weighted by atomic mass is 10.2. The number of anilines is 1. The van der Waals surface area contributed by atoms with Crippen LogP contribution in [0.4, 0.5) is 5.69 Å². The first kappa shape index (κ1) is 16.6. The van der Waals surface area contributed by atoms with Crippen LogP contribution >= 0.6 is 22.9 Å². The highest BCUT2D eigenvalue weighted by atomic mass is 35.5. The molecule has 122 valence electrons. The van der Waals surface area contributed by atoms with Gasteiger partial charge in [0.2, 0.25) is 0 Å². The van der Waals surface area contributed by atoms with Crippen LogP contribution in [0.1, 0.15) is 20.9 Å². The van der Waals surface area contributed by atoms with Crippen molar-refractivity contribution in [2.75, 3.05) is 5.32 Å². The summed E-state index contributed by atoms with van der Waals surface area (Å²) in [5, 5.41) is 4.37. The number of hydrogen-bond acceptors (Lipinski definition) is 4. The molecule has 1 heterocycles. The summed E-state index contributed by atoms with van der Waals surface area (Å²) in [4.78, 5) is 17.6. The molecule has 4 nitrogen and oxygen atoms in total. The number of aromatic nitrogens is 1. The van der Waals surface area contributed by atoms with Gasteiger partial charge in [-0.05, 0) is 36.8 Å². The van der Waals surface area contributed by atoms with E-state index in [0.29, 0.717) is 22.1 Å². The van der Waals surface area contributed by atoms with Crippen LogP contribution in [0.3, 0.4) is 0 Å². The standard InChI is InChI=1S/C18H16ClN3OS/c1-11-16(17(23)22-15-4-2-3-12(9-15)10-20)24-18(21-11)13-5-7-14(19)8-6-13/h2-9H,10,20H2,1H3,(H,22,23). The fraction of sp³-hybridized carbons (Fsp3) is 0.111. The number of nitrogens with two attached hydrogens (primary N) is 1. The van der Waals surface area contributed by atoms with E-state index in [2.05, 4.69) is 10.3 Å². The summed E-state index contributed by atoms with van der Waals surface area (Å²) >= 11 is 7.28. The Bertz CT molecular complexity index is 874. The van der Waals surface area contributed by atoms with Crippen LogP contribution in [-0.4, -0.2) is 10.9 Å². The van der Waals surface area contributed by atoms with Crippen molar-refractivity contribution in [3.05, 3.63) is 69.7 Å². The normalized spacial score (nSPS) is 10.6. The highest BCUT2D eigenvalue weighted by Gasteiger charge is 2.16. The number of rotatable bonds is 4. The molecule has 0 aliphatic carbocycles. The van der Waals surface area contributed by atoms with Crippen molar-refractivity contribution < 1.29 is 4.79 Å². The Hall–Kier alpha value is -2.21. The smallest absolute Gasteiger partial charge is 0.267 e. The SMILES string of the molecule is Cc1nc(-c2ccc(Cl)cc2)sc1C(=O)Nc1cccc(CN)c1. The number of hydrogen-bond donors (Lipinski definition) is 2. The number of carbonyl (C=O) groups is 1. The molecule has 3 rings (SSSR count). The van der Waals surface area contributed by atoms with E-state index < -0.39 is 0 Å². The Morgan fingerprint density at radius 3 is 2.71 bits per heavy atom. The average molecular weight is 358 g/mol. The number of nitrogens with zero attached hydrogens (tertiary/aromatic N) is 1. The van der Waals surface area contributed by atoms with Crippen LogP contribution in [0.2, 0.25) is 5.02 Å². The number of aryl methyl sites for hydroxylation is 1. The molecule has 0 saturated heterocycles. The summed E-state index contributed by atoms with van der Waals surface area (Å²) in [6.07, 6.45) is 0. The Kier molecular flexibility index (Phi) is 4.94. The third kappa shape index (κ3) is 3.64. The molecule has 0 fully saturated rings. The third-order valence-corrected chi connectivity index (χ3v) is 4.97. The lowest BCUT2D eigenvalue weighted by Gasteiger charge is -2.05. The number of halogens is 1. The second-order valence-corrected chi connectivity index (χ2v) is 6.73. The summed E-state index contributed by atoms with van der Waals surface area (Å²) < 4.78 is 0. The number of thiazole rings is 1. The summed E-state index contributed by atoms with van der Waals surface area (Å²) in [6.45, 7) is 2.27. The molecule has 1 amide bonds. The molecule has 3 aromatic rings. The van der Waals surface area contributed by atoms with Gasteiger partial charge >= 0.3 is 0 Å². The van der Waals surface area contributed by atoms with Crippen LogP contribution < -0.4 is 11.1 Å². The van der Waals surface area contributed by atoms with Gasteiger partial charge in [0.05, 0.1) is 5.69 Å². The van der Waals surface area contributed by atoms with Gasteiger partial charge in [-0.2, -0.15) is 0 Å². The molecule has 0 aliphatic rings. The molecule has 3 N–H and O–H groups in total. The van der Waals surface area contributed by atoms with Crippen molar-refractivity contribution in [2.45, 2.75) is 13.5 Å². The maximum absolute atomic E-state index is 12.5. The molecule has 0 spiro atoms. The van der Waals surface area contributed by atoms with Gasteiger partial charge in [0.15, 0.2) is 0 Å². The lowest BCUT2D eigenvalue weighted by molar-refractivity contribution is 0.103. The Morgan fingerprint density at radius 2 is 2.00 bits per heavy atom. The molecular weight excluding hydrogens is 342 g/mol. The van der Waals surface area contributed by atoms with Gasteiger partial charge < -0.3 is 11.1 Å². The van der Waals surface area contributed by atoms with Gasteiger partial charge in [0, 0.05) is 22.8 Å². The Labute approximate surface area is 149 Å². The van der Waals surface area contributed by atoms with Gasteiger partial charge in [-0.25, -0.2) is 4.98 Å². The fourth-order valence-electron chi connectivity index (χ4n) is 2.29. The molecule has 0 bridgehead atoms. The first-order valence-electron chi connectivity index (χ1n) is 7.40. The van der Waals surface area contributed by atoms with Gasteiger partial charge in [-0.15, -0.1) is 11.3 Å². The summed E-state index contributed by atoms with van der Waals surface area (Å²) in [6, 6.07) is 14.9. The summed E-state index contributed by atoms with van der Waals surface area (Å²) in [5.41, 5.74) is 8.97. The minimum absolute atomic E-state index is 0.167. The second kappa shape index (κ2) is 7.13. The van der Waals surface area contributed by atoms with E-state index >= 15 is 0 Å². The molecule has 2 aromatic carbocycles. The van der Waals surface area contributed by atoms with Crippen LogP contribution in [0.25, 0.3) is 10.6 Å². The topological polar surface area (TPSA) is 68.0 Å². The minimum Gasteiger partial charge on any atom is -0.326 e. The van der Waals surface area contributed by atoms with Crippen molar-refractivity contribution in [3.63, 3.8) is 0 Å². The van der Waals surface area contributed by atoms with Crippen molar-refractivity contribution in [1.82, 2.24) is 4.98 Å². The van der Waals surface area contributed by atoms with E-state index in [1.54, 1.807) is 0 Å². The average Bonchev–Trinajstić information content (AvgIpc) is 2.97. The van der Waals surface area contributed by atoms with E-state index in [-0.39, 0.29) is 5.91 Å². The van der Waals surface area contributed by atoms with E-state index in [1.807, 2.05) is 55.5 Å². The molecule has 1 aromatic heterocycles. The Morgan fingerprint density at radius 1 is 1.25 bits per heavy atom. The number of carbonyl (C=O) groups excluding carboxylic acids is 1. The van der Waals surface area contributed by atoms with E-state index in [0.717, 1.165) is 21.8 Å². The molecular formula is C18H16ClN3OS. The number of benzene rings is 2. The van der Waals surface area contributed by atoms with Crippen molar-refractivity contribution in [1.29, 1.82) is 0 Å². The fourth-order valence-corrected chi connectivity index (χ4v) is 3.38. The van der Waals surface area contributed by atoms with E-state index in [9.17, 15) is 4.79 Å². The maximum atomic E-state index is 12.5. The first-order chi connectivity index (χ1) is 11.6. The van der Waals surface area contributed by atoms with Crippen LogP contribution in [0.15, 0.2) is 48.5 Å². The van der Waals surface area contributed by atoms with Gasteiger partial charge in [-0.1, -0.05) is 35.9 Å². The predicted octanol–water partition coefficient (Wildman–Crippen LogP) is 4.48. The molecule has 24 heavy (non-hydrogen) atoms. The van der Waals surface area contributed by atoms with E-state index in [4.69, 9.17) is 17.3 Å². The highest BCUT2D eigenvalue weighted by molar-refractivity contribution is 7.17. The molecule has 0 atom stereocenters. The highest BCUT2D eigenvalue weighted by Crippen LogP contribution is 2.29. The zero-order valence-corrected chi connectivity index (χ0v) is 14.6.